The van der Waals surface area contributed by atoms with Gasteiger partial charge in [-0.2, -0.15) is 0 Å². The van der Waals surface area contributed by atoms with Crippen LogP contribution < -0.4 is 5.73 Å². The van der Waals surface area contributed by atoms with Gasteiger partial charge >= 0.3 is 0 Å². The van der Waals surface area contributed by atoms with Gasteiger partial charge in [-0.05, 0) is 37.8 Å². The fraction of sp³-hybridized carbons (Fsp3) is 0.417. The van der Waals surface area contributed by atoms with E-state index in [4.69, 9.17) is 5.73 Å². The van der Waals surface area contributed by atoms with Gasteiger partial charge in [-0.3, -0.25) is 0 Å². The summed E-state index contributed by atoms with van der Waals surface area (Å²) in [7, 11) is 0. The molecular weight excluding hydrogens is 186 g/mol. The molecule has 1 saturated carbocycles. The van der Waals surface area contributed by atoms with E-state index in [-0.39, 0.29) is 5.54 Å². The second-order valence-corrected chi connectivity index (χ2v) is 4.54. The molecule has 78 valence electrons. The lowest BCUT2D eigenvalue weighted by Crippen LogP contribution is -2.22. The molecule has 0 radical (unpaired) electrons. The highest BCUT2D eigenvalue weighted by Gasteiger charge is 2.37. The zero-order chi connectivity index (χ0) is 10.3. The van der Waals surface area contributed by atoms with E-state index in [9.17, 15) is 0 Å². The molecule has 15 heavy (non-hydrogen) atoms. The first kappa shape index (κ1) is 8.92. The number of nitrogens with zero attached hydrogens (tertiary/aromatic N) is 2. The number of pyridine rings is 1. The van der Waals surface area contributed by atoms with Crippen molar-refractivity contribution >= 4 is 5.65 Å². The summed E-state index contributed by atoms with van der Waals surface area (Å²) in [5, 5.41) is 0. The minimum atomic E-state index is 0.138. The smallest absolute Gasteiger partial charge is 0.136 e. The Morgan fingerprint density at radius 1 is 1.40 bits per heavy atom. The number of nitrogens with two attached hydrogens (primary N) is 1. The average Bonchev–Trinajstić information content (AvgIpc) is 2.86. The molecule has 3 heteroatoms. The van der Waals surface area contributed by atoms with Crippen LogP contribution in [0.3, 0.4) is 0 Å². The Bertz CT molecular complexity index is 482. The van der Waals surface area contributed by atoms with E-state index in [0.29, 0.717) is 0 Å². The van der Waals surface area contributed by atoms with Crippen LogP contribution in [-0.2, 0) is 6.42 Å². The molecule has 2 heterocycles. The van der Waals surface area contributed by atoms with Gasteiger partial charge < -0.3 is 10.1 Å². The molecular formula is C12H15N3. The minimum Gasteiger partial charge on any atom is -0.325 e. The maximum absolute atomic E-state index is 6.08. The van der Waals surface area contributed by atoms with Crippen molar-refractivity contribution in [1.29, 1.82) is 0 Å². The van der Waals surface area contributed by atoms with Crippen LogP contribution in [0.1, 0.15) is 25.0 Å². The van der Waals surface area contributed by atoms with Crippen LogP contribution in [0.5, 0.6) is 0 Å². The Morgan fingerprint density at radius 3 is 3.07 bits per heavy atom. The van der Waals surface area contributed by atoms with Gasteiger partial charge in [0.15, 0.2) is 0 Å². The van der Waals surface area contributed by atoms with Gasteiger partial charge in [-0.25, -0.2) is 4.98 Å². The van der Waals surface area contributed by atoms with Crippen molar-refractivity contribution in [1.82, 2.24) is 9.38 Å². The molecule has 0 bridgehead atoms. The molecule has 0 saturated heterocycles. The minimum absolute atomic E-state index is 0.138. The Hall–Kier alpha value is -1.35. The van der Waals surface area contributed by atoms with Crippen LogP contribution in [0.15, 0.2) is 30.6 Å². The fourth-order valence-electron chi connectivity index (χ4n) is 1.96. The van der Waals surface area contributed by atoms with Crippen molar-refractivity contribution in [3.63, 3.8) is 0 Å². The number of imidazole rings is 1. The molecule has 0 aliphatic heterocycles. The third-order valence-corrected chi connectivity index (χ3v) is 3.26. The Kier molecular flexibility index (Phi) is 1.83. The van der Waals surface area contributed by atoms with Crippen LogP contribution >= 0.6 is 0 Å². The van der Waals surface area contributed by atoms with E-state index in [1.807, 2.05) is 24.4 Å². The van der Waals surface area contributed by atoms with Crippen molar-refractivity contribution < 1.29 is 0 Å². The quantitative estimate of drug-likeness (QED) is 0.822. The van der Waals surface area contributed by atoms with Gasteiger partial charge in [0, 0.05) is 23.6 Å². The first-order chi connectivity index (χ1) is 7.27. The van der Waals surface area contributed by atoms with Crippen molar-refractivity contribution in [3.05, 3.63) is 36.3 Å². The lowest BCUT2D eigenvalue weighted by Gasteiger charge is -2.07. The zero-order valence-electron chi connectivity index (χ0n) is 8.69. The molecule has 0 aromatic carbocycles. The van der Waals surface area contributed by atoms with Crippen molar-refractivity contribution in [2.24, 2.45) is 5.73 Å². The first-order valence-corrected chi connectivity index (χ1v) is 5.47. The van der Waals surface area contributed by atoms with Crippen LogP contribution in [0.4, 0.5) is 0 Å². The largest absolute Gasteiger partial charge is 0.325 e. The highest BCUT2D eigenvalue weighted by Crippen LogP contribution is 2.36. The monoisotopic (exact) mass is 201 g/mol. The van der Waals surface area contributed by atoms with E-state index in [2.05, 4.69) is 15.6 Å². The molecule has 0 amide bonds. The second-order valence-electron chi connectivity index (χ2n) is 4.54. The maximum atomic E-state index is 6.08. The van der Waals surface area contributed by atoms with Crippen molar-refractivity contribution in [2.45, 2.75) is 31.2 Å². The highest BCUT2D eigenvalue weighted by atomic mass is 15.0. The molecule has 0 spiro atoms. The molecule has 2 aromatic rings. The van der Waals surface area contributed by atoms with Gasteiger partial charge in [0.2, 0.25) is 0 Å². The van der Waals surface area contributed by atoms with E-state index < -0.39 is 0 Å². The lowest BCUT2D eigenvalue weighted by molar-refractivity contribution is 0.601. The van der Waals surface area contributed by atoms with Gasteiger partial charge in [-0.1, -0.05) is 6.07 Å². The molecule has 3 nitrogen and oxygen atoms in total. The third kappa shape index (κ3) is 1.63. The number of aromatic nitrogens is 2. The molecule has 3 rings (SSSR count). The Morgan fingerprint density at radius 2 is 2.27 bits per heavy atom. The molecule has 2 N–H and O–H groups in total. The summed E-state index contributed by atoms with van der Waals surface area (Å²) >= 11 is 0. The summed E-state index contributed by atoms with van der Waals surface area (Å²) in [6.07, 6.45) is 8.50. The first-order valence-electron chi connectivity index (χ1n) is 5.47. The molecule has 2 aromatic heterocycles. The standard InChI is InChI=1S/C12H15N3/c13-12(6-7-12)5-4-10-9-14-11-3-1-2-8-15(10)11/h1-3,8-9H,4-7,13H2. The Balaban J connectivity index is 1.84. The molecule has 0 atom stereocenters. The van der Waals surface area contributed by atoms with Crippen molar-refractivity contribution in [3.8, 4) is 0 Å². The van der Waals surface area contributed by atoms with Crippen LogP contribution in [0.25, 0.3) is 5.65 Å². The molecule has 1 fully saturated rings. The summed E-state index contributed by atoms with van der Waals surface area (Å²) in [6, 6.07) is 6.07. The van der Waals surface area contributed by atoms with E-state index in [0.717, 1.165) is 18.5 Å². The maximum Gasteiger partial charge on any atom is 0.136 e. The molecule has 1 aliphatic rings. The van der Waals surface area contributed by atoms with Gasteiger partial charge in [0.25, 0.3) is 0 Å². The average molecular weight is 201 g/mol. The highest BCUT2D eigenvalue weighted by molar-refractivity contribution is 5.39. The fourth-order valence-corrected chi connectivity index (χ4v) is 1.96. The van der Waals surface area contributed by atoms with Gasteiger partial charge in [0.05, 0.1) is 0 Å². The van der Waals surface area contributed by atoms with Crippen molar-refractivity contribution in [2.75, 3.05) is 0 Å². The van der Waals surface area contributed by atoms with Crippen LogP contribution in [0, 0.1) is 0 Å². The van der Waals surface area contributed by atoms with E-state index >= 15 is 0 Å². The molecule has 1 aliphatic carbocycles. The normalized spacial score (nSPS) is 18.2. The predicted octanol–water partition coefficient (Wildman–Crippen LogP) is 1.76. The summed E-state index contributed by atoms with van der Waals surface area (Å²) in [4.78, 5) is 4.36. The predicted molar refractivity (Wildman–Crippen MR) is 59.7 cm³/mol. The third-order valence-electron chi connectivity index (χ3n) is 3.26. The summed E-state index contributed by atoms with van der Waals surface area (Å²) < 4.78 is 2.14. The van der Waals surface area contributed by atoms with Crippen LogP contribution in [0.2, 0.25) is 0 Å². The number of hydrogen-bond acceptors (Lipinski definition) is 2. The Labute approximate surface area is 88.9 Å². The SMILES string of the molecule is NC1(CCc2cnc3ccccn23)CC1. The summed E-state index contributed by atoms with van der Waals surface area (Å²) in [5.41, 5.74) is 8.50. The summed E-state index contributed by atoms with van der Waals surface area (Å²) in [6.45, 7) is 0. The van der Waals surface area contributed by atoms with Gasteiger partial charge in [-0.15, -0.1) is 0 Å². The topological polar surface area (TPSA) is 43.3 Å². The number of fused-ring (bicyclic) bond motifs is 1. The number of rotatable bonds is 3. The zero-order valence-corrected chi connectivity index (χ0v) is 8.69. The number of aryl methyl sites for hydroxylation is 1. The summed E-state index contributed by atoms with van der Waals surface area (Å²) in [5.74, 6) is 0. The van der Waals surface area contributed by atoms with Gasteiger partial charge in [0.1, 0.15) is 5.65 Å². The second kappa shape index (κ2) is 3.07. The van der Waals surface area contributed by atoms with E-state index in [1.165, 1.54) is 18.5 Å². The molecule has 0 unspecified atom stereocenters. The number of hydrogen-bond donors (Lipinski definition) is 1. The van der Waals surface area contributed by atoms with E-state index in [1.54, 1.807) is 0 Å². The van der Waals surface area contributed by atoms with Crippen LogP contribution in [-0.4, -0.2) is 14.9 Å². The lowest BCUT2D eigenvalue weighted by atomic mass is 10.1.